The van der Waals surface area contributed by atoms with Crippen molar-refractivity contribution in [2.24, 2.45) is 10.7 Å². The third-order valence-corrected chi connectivity index (χ3v) is 3.89. The van der Waals surface area contributed by atoms with Crippen LogP contribution in [0, 0.1) is 13.8 Å². The minimum absolute atomic E-state index is 0.251. The first-order valence-corrected chi connectivity index (χ1v) is 8.54. The Bertz CT molecular complexity index is 929. The van der Waals surface area contributed by atoms with Gasteiger partial charge in [0.25, 0.3) is 0 Å². The molecule has 0 fully saturated rings. The zero-order valence-corrected chi connectivity index (χ0v) is 15.6. The van der Waals surface area contributed by atoms with Crippen molar-refractivity contribution in [3.63, 3.8) is 0 Å². The number of carbonyl (C=O) groups is 1. The fraction of sp³-hybridized carbons (Fsp3) is 0.278. The van der Waals surface area contributed by atoms with Crippen LogP contribution in [0.2, 0.25) is 0 Å². The summed E-state index contributed by atoms with van der Waals surface area (Å²) < 4.78 is 41.4. The summed E-state index contributed by atoms with van der Waals surface area (Å²) in [4.78, 5) is 20.2. The first-order valence-electron chi connectivity index (χ1n) is 8.54. The first kappa shape index (κ1) is 20.4. The number of primary amides is 1. The van der Waals surface area contributed by atoms with Gasteiger partial charge >= 0.3 is 6.36 Å². The van der Waals surface area contributed by atoms with E-state index in [9.17, 15) is 18.0 Å². The van der Waals surface area contributed by atoms with Crippen molar-refractivity contribution < 1.29 is 22.7 Å². The number of halogens is 3. The minimum atomic E-state index is -4.82. The highest BCUT2D eigenvalue weighted by Crippen LogP contribution is 2.29. The Morgan fingerprint density at radius 3 is 2.59 bits per heavy atom. The Hall–Kier alpha value is -3.34. The Labute approximate surface area is 164 Å². The number of nitrogens with one attached hydrogen (secondary N) is 2. The van der Waals surface area contributed by atoms with Crippen LogP contribution in [0.25, 0.3) is 0 Å². The number of aromatic nitrogens is 1. The van der Waals surface area contributed by atoms with E-state index >= 15 is 0 Å². The van der Waals surface area contributed by atoms with Gasteiger partial charge in [-0.15, -0.1) is 13.2 Å². The number of hydrogen-bond acceptors (Lipinski definition) is 7. The lowest BCUT2D eigenvalue weighted by molar-refractivity contribution is -0.274. The van der Waals surface area contributed by atoms with Crippen LogP contribution < -0.4 is 26.2 Å². The van der Waals surface area contributed by atoms with Crippen LogP contribution in [0.1, 0.15) is 17.8 Å². The minimum Gasteiger partial charge on any atom is -0.406 e. The Morgan fingerprint density at radius 1 is 1.28 bits per heavy atom. The van der Waals surface area contributed by atoms with Gasteiger partial charge in [0.1, 0.15) is 12.1 Å². The van der Waals surface area contributed by atoms with E-state index in [0.717, 1.165) is 23.1 Å². The molecule has 0 bridgehead atoms. The zero-order chi connectivity index (χ0) is 21.2. The largest absolute Gasteiger partial charge is 0.573 e. The lowest BCUT2D eigenvalue weighted by Gasteiger charge is -2.30. The summed E-state index contributed by atoms with van der Waals surface area (Å²) in [6.07, 6.45) is -3.62. The van der Waals surface area contributed by atoms with Gasteiger partial charge < -0.3 is 15.8 Å². The van der Waals surface area contributed by atoms with Crippen LogP contribution in [0.15, 0.2) is 41.4 Å². The van der Waals surface area contributed by atoms with E-state index in [0.29, 0.717) is 0 Å². The molecule has 3 rings (SSSR count). The number of alkyl halides is 3. The lowest BCUT2D eigenvalue weighted by Crippen LogP contribution is -2.54. The van der Waals surface area contributed by atoms with E-state index < -0.39 is 23.8 Å². The second kappa shape index (κ2) is 7.59. The molecule has 154 valence electrons. The van der Waals surface area contributed by atoms with Crippen LogP contribution >= 0.6 is 0 Å². The Morgan fingerprint density at radius 2 is 1.97 bits per heavy atom. The fourth-order valence-electron chi connectivity index (χ4n) is 2.95. The third kappa shape index (κ3) is 5.35. The summed E-state index contributed by atoms with van der Waals surface area (Å²) in [5.74, 6) is -2.45. The van der Waals surface area contributed by atoms with Gasteiger partial charge in [-0.25, -0.2) is 4.99 Å². The molecular formula is C18H19F3N6O2. The van der Waals surface area contributed by atoms with Gasteiger partial charge in [0.2, 0.25) is 11.7 Å². The van der Waals surface area contributed by atoms with Gasteiger partial charge in [-0.3, -0.25) is 14.8 Å². The highest BCUT2D eigenvalue weighted by atomic mass is 19.4. The van der Waals surface area contributed by atoms with E-state index in [1.165, 1.54) is 24.5 Å². The van der Waals surface area contributed by atoms with E-state index in [-0.39, 0.29) is 12.1 Å². The summed E-state index contributed by atoms with van der Waals surface area (Å²) in [5, 5.41) is 4.50. The topological polar surface area (TPSA) is 105 Å². The number of amides is 1. The molecule has 1 unspecified atom stereocenters. The number of anilines is 2. The van der Waals surface area contributed by atoms with E-state index in [2.05, 4.69) is 25.5 Å². The maximum absolute atomic E-state index is 12.5. The molecule has 0 spiro atoms. The summed E-state index contributed by atoms with van der Waals surface area (Å²) in [7, 11) is 0. The summed E-state index contributed by atoms with van der Waals surface area (Å²) in [6, 6.07) is 8.84. The molecule has 0 saturated carbocycles. The molecule has 1 atom stereocenters. The van der Waals surface area contributed by atoms with Crippen molar-refractivity contribution >= 4 is 23.6 Å². The van der Waals surface area contributed by atoms with Gasteiger partial charge in [-0.1, -0.05) is 6.07 Å². The summed E-state index contributed by atoms with van der Waals surface area (Å²) in [5.41, 5.74) is 10.9. The summed E-state index contributed by atoms with van der Waals surface area (Å²) in [6.45, 7) is 3.68. The number of benzene rings is 1. The number of hydrogen-bond donors (Lipinski definition) is 3. The average Bonchev–Trinajstić information content (AvgIpc) is 2.95. The third-order valence-electron chi connectivity index (χ3n) is 3.89. The molecule has 1 aliphatic heterocycles. The molecular weight excluding hydrogens is 389 g/mol. The number of nitrogens with two attached hydrogens (primary N) is 1. The van der Waals surface area contributed by atoms with E-state index in [4.69, 9.17) is 5.73 Å². The van der Waals surface area contributed by atoms with Crippen LogP contribution in [0.3, 0.4) is 0 Å². The number of carbonyl (C=O) groups excluding carboxylic acids is 1. The normalized spacial score (nSPS) is 18.7. The molecule has 0 radical (unpaired) electrons. The van der Waals surface area contributed by atoms with Gasteiger partial charge in [0, 0.05) is 23.1 Å². The SMILES string of the molecule is Cc1cc(N2C=NC(CC(N)=O)(Nc3cccc(OC(F)(F)F)c3)N2)cc(C)n1. The predicted molar refractivity (Wildman–Crippen MR) is 101 cm³/mol. The smallest absolute Gasteiger partial charge is 0.406 e. The van der Waals surface area contributed by atoms with Gasteiger partial charge in [-0.05, 0) is 38.1 Å². The second-order valence-electron chi connectivity index (χ2n) is 6.54. The summed E-state index contributed by atoms with van der Waals surface area (Å²) >= 11 is 0. The number of nitrogens with zero attached hydrogens (tertiary/aromatic N) is 3. The molecule has 8 nitrogen and oxygen atoms in total. The molecule has 29 heavy (non-hydrogen) atoms. The van der Waals surface area contributed by atoms with E-state index in [1.807, 2.05) is 26.0 Å². The maximum Gasteiger partial charge on any atom is 0.573 e. The van der Waals surface area contributed by atoms with Crippen LogP contribution in [0.5, 0.6) is 5.75 Å². The lowest BCUT2D eigenvalue weighted by atomic mass is 10.2. The van der Waals surface area contributed by atoms with Crippen molar-refractivity contribution in [1.29, 1.82) is 0 Å². The number of pyridine rings is 1. The standard InChI is InChI=1S/C18H19F3N6O2/c1-11-6-14(7-12(2)24-11)27-10-23-17(26-27,9-16(22)28)25-13-4-3-5-15(8-13)29-18(19,20)21/h3-8,10,25-26H,9H2,1-2H3,(H2,22,28). The number of aliphatic imine (C=N–C) groups is 1. The molecule has 2 heterocycles. The van der Waals surface area contributed by atoms with Gasteiger partial charge in [-0.2, -0.15) is 5.43 Å². The molecule has 1 aromatic heterocycles. The monoisotopic (exact) mass is 408 g/mol. The van der Waals surface area contributed by atoms with Crippen molar-refractivity contribution in [3.8, 4) is 5.75 Å². The second-order valence-corrected chi connectivity index (χ2v) is 6.54. The number of rotatable bonds is 6. The predicted octanol–water partition coefficient (Wildman–Crippen LogP) is 2.59. The molecule has 1 aliphatic rings. The number of aryl methyl sites for hydroxylation is 2. The van der Waals surface area contributed by atoms with Crippen molar-refractivity contribution in [2.75, 3.05) is 10.3 Å². The van der Waals surface area contributed by atoms with E-state index in [1.54, 1.807) is 5.01 Å². The van der Waals surface area contributed by atoms with Crippen LogP contribution in [0.4, 0.5) is 24.5 Å². The quantitative estimate of drug-likeness (QED) is 0.679. The highest BCUT2D eigenvalue weighted by Gasteiger charge is 2.38. The van der Waals surface area contributed by atoms with Crippen molar-refractivity contribution in [1.82, 2.24) is 10.4 Å². The van der Waals surface area contributed by atoms with Gasteiger partial charge in [0.05, 0.1) is 12.1 Å². The zero-order valence-electron chi connectivity index (χ0n) is 15.6. The van der Waals surface area contributed by atoms with Crippen LogP contribution in [-0.4, -0.2) is 29.4 Å². The fourth-order valence-corrected chi connectivity index (χ4v) is 2.95. The molecule has 4 N–H and O–H groups in total. The van der Waals surface area contributed by atoms with Crippen molar-refractivity contribution in [2.45, 2.75) is 32.4 Å². The highest BCUT2D eigenvalue weighted by molar-refractivity contribution is 5.83. The maximum atomic E-state index is 12.5. The van der Waals surface area contributed by atoms with Crippen LogP contribution in [-0.2, 0) is 4.79 Å². The molecule has 2 aromatic rings. The molecule has 1 aromatic carbocycles. The Balaban J connectivity index is 1.85. The molecule has 0 aliphatic carbocycles. The Kier molecular flexibility index (Phi) is 5.33. The average molecular weight is 408 g/mol. The molecule has 0 saturated heterocycles. The van der Waals surface area contributed by atoms with Gasteiger partial charge in [0.15, 0.2) is 0 Å². The molecule has 11 heteroatoms. The first-order chi connectivity index (χ1) is 13.5. The number of hydrazine groups is 1. The number of ether oxygens (including phenoxy) is 1. The molecule has 1 amide bonds. The van der Waals surface area contributed by atoms with Crippen molar-refractivity contribution in [3.05, 3.63) is 47.8 Å².